The number of unbranched alkanes of at least 4 members (excludes halogenated alkanes) is 1. The largest absolute Gasteiger partial charge is 0.480 e. The molecule has 0 spiro atoms. The number of nitrogens with zero attached hydrogens (tertiary/aromatic N) is 4. The van der Waals surface area contributed by atoms with Gasteiger partial charge >= 0.3 is 11.9 Å². The zero-order valence-corrected chi connectivity index (χ0v) is 27.6. The van der Waals surface area contributed by atoms with Crippen LogP contribution in [0.2, 0.25) is 0 Å². The second-order valence-electron chi connectivity index (χ2n) is 9.99. The van der Waals surface area contributed by atoms with Gasteiger partial charge in [0.2, 0.25) is 17.7 Å². The quantitative estimate of drug-likeness (QED) is 0.0756. The summed E-state index contributed by atoms with van der Waals surface area (Å²) < 4.78 is 0. The monoisotopic (exact) mass is 647 g/mol. The number of aliphatic hydroxyl groups excluding tert-OH is 1. The van der Waals surface area contributed by atoms with Gasteiger partial charge in [0, 0.05) is 91.9 Å². The average Bonchev–Trinajstić information content (AvgIpc) is 3.01. The summed E-state index contributed by atoms with van der Waals surface area (Å²) in [6.45, 7) is 10.1. The van der Waals surface area contributed by atoms with Gasteiger partial charge in [-0.3, -0.25) is 43.6 Å². The van der Waals surface area contributed by atoms with Crippen LogP contribution < -0.4 is 16.0 Å². The average molecular weight is 648 g/mol. The fraction of sp³-hybridized carbons (Fsp3) is 0.793. The van der Waals surface area contributed by atoms with Crippen LogP contribution in [0, 0.1) is 0 Å². The lowest BCUT2D eigenvalue weighted by Gasteiger charge is -2.32. The zero-order valence-electron chi connectivity index (χ0n) is 27.6. The van der Waals surface area contributed by atoms with Gasteiger partial charge in [-0.2, -0.15) is 0 Å². The molecule has 0 bridgehead atoms. The summed E-state index contributed by atoms with van der Waals surface area (Å²) in [5.74, 6) is -2.69. The van der Waals surface area contributed by atoms with Gasteiger partial charge in [0.05, 0.1) is 26.2 Å². The predicted molar refractivity (Wildman–Crippen MR) is 170 cm³/mol. The maximum absolute atomic E-state index is 12.6. The minimum Gasteiger partial charge on any atom is -0.480 e. The Bertz CT molecular complexity index is 817. The van der Waals surface area contributed by atoms with E-state index in [1.165, 1.54) is 0 Å². The van der Waals surface area contributed by atoms with Crippen LogP contribution in [0.15, 0.2) is 0 Å². The highest BCUT2D eigenvalue weighted by molar-refractivity contribution is 5.83. The van der Waals surface area contributed by atoms with Crippen molar-refractivity contribution in [2.45, 2.75) is 46.5 Å². The number of carboxylic acid groups (broad SMARTS) is 2. The van der Waals surface area contributed by atoms with E-state index in [1.54, 1.807) is 9.80 Å². The highest BCUT2D eigenvalue weighted by Crippen LogP contribution is 2.01. The Morgan fingerprint density at radius 2 is 0.956 bits per heavy atom. The van der Waals surface area contributed by atoms with E-state index in [9.17, 15) is 39.0 Å². The van der Waals surface area contributed by atoms with E-state index in [1.807, 2.05) is 30.6 Å². The van der Waals surface area contributed by atoms with Crippen molar-refractivity contribution in [1.29, 1.82) is 0 Å². The fourth-order valence-electron chi connectivity index (χ4n) is 4.19. The van der Waals surface area contributed by atoms with Crippen molar-refractivity contribution in [3.8, 4) is 0 Å². The highest BCUT2D eigenvalue weighted by Gasteiger charge is 2.20. The second-order valence-corrected chi connectivity index (χ2v) is 9.99. The standard InChI is InChI=1S/C26H47N7O8.C2H6.CH4O/c1-2-3-6-27-22(35)4-5-23(36)28-7-8-29-24(37)19-31-13-15-32(20-25(38)39)11-9-30(17-18-34)10-12-33(16-14-31)21-26(40)41;2*1-2/h18H,2-17,19-21H2,1H3,(H,27,35)(H,28,36)(H,29,37)(H,38,39)(H,40,41);1-2H3;2H,1H3. The van der Waals surface area contributed by atoms with E-state index in [-0.39, 0.29) is 69.8 Å². The molecular formula is C29H57N7O9. The van der Waals surface area contributed by atoms with Crippen molar-refractivity contribution in [3.05, 3.63) is 0 Å². The molecule has 1 rings (SSSR count). The van der Waals surface area contributed by atoms with Gasteiger partial charge in [0.1, 0.15) is 6.29 Å². The van der Waals surface area contributed by atoms with E-state index in [4.69, 9.17) is 5.11 Å². The van der Waals surface area contributed by atoms with Crippen molar-refractivity contribution >= 4 is 35.9 Å². The number of hydrogen-bond donors (Lipinski definition) is 6. The number of amides is 3. The summed E-state index contributed by atoms with van der Waals surface area (Å²) in [6.07, 6.45) is 2.79. The van der Waals surface area contributed by atoms with E-state index in [2.05, 4.69) is 16.0 Å². The van der Waals surface area contributed by atoms with Crippen LogP contribution in [-0.4, -0.2) is 176 Å². The van der Waals surface area contributed by atoms with E-state index in [0.29, 0.717) is 58.9 Å². The fourth-order valence-corrected chi connectivity index (χ4v) is 4.19. The van der Waals surface area contributed by atoms with Crippen LogP contribution in [0.3, 0.4) is 0 Å². The normalized spacial score (nSPS) is 15.4. The van der Waals surface area contributed by atoms with Crippen molar-refractivity contribution in [1.82, 2.24) is 35.6 Å². The van der Waals surface area contributed by atoms with Crippen LogP contribution in [0.5, 0.6) is 0 Å². The molecule has 0 aromatic heterocycles. The molecule has 262 valence electrons. The van der Waals surface area contributed by atoms with Crippen LogP contribution >= 0.6 is 0 Å². The molecule has 45 heavy (non-hydrogen) atoms. The third-order valence-corrected chi connectivity index (χ3v) is 6.55. The number of aliphatic carboxylic acids is 2. The van der Waals surface area contributed by atoms with Crippen molar-refractivity contribution in [3.63, 3.8) is 0 Å². The van der Waals surface area contributed by atoms with Gasteiger partial charge < -0.3 is 36.1 Å². The molecule has 3 amide bonds. The number of rotatable bonds is 17. The molecule has 16 nitrogen and oxygen atoms in total. The lowest BCUT2D eigenvalue weighted by atomic mass is 10.2. The van der Waals surface area contributed by atoms with Gasteiger partial charge in [-0.15, -0.1) is 0 Å². The molecule has 0 saturated carbocycles. The first-order valence-corrected chi connectivity index (χ1v) is 15.6. The Labute approximate surface area is 267 Å². The van der Waals surface area contributed by atoms with Crippen molar-refractivity contribution in [2.75, 3.05) is 105 Å². The molecule has 1 aliphatic rings. The van der Waals surface area contributed by atoms with Crippen LogP contribution in [0.1, 0.15) is 46.5 Å². The molecule has 6 N–H and O–H groups in total. The molecular weight excluding hydrogens is 590 g/mol. The minimum atomic E-state index is -0.977. The summed E-state index contributed by atoms with van der Waals surface area (Å²) >= 11 is 0. The zero-order chi connectivity index (χ0) is 34.5. The Balaban J connectivity index is 0. The van der Waals surface area contributed by atoms with Gasteiger partial charge in [-0.25, -0.2) is 0 Å². The maximum atomic E-state index is 12.6. The Kier molecular flexibility index (Phi) is 28.8. The maximum Gasteiger partial charge on any atom is 0.317 e. The van der Waals surface area contributed by atoms with Crippen molar-refractivity contribution < 1.29 is 44.1 Å². The Hall–Kier alpha value is -3.18. The lowest BCUT2D eigenvalue weighted by Crippen LogP contribution is -2.49. The van der Waals surface area contributed by atoms with E-state index >= 15 is 0 Å². The molecule has 16 heteroatoms. The summed E-state index contributed by atoms with van der Waals surface area (Å²) in [6, 6.07) is 0. The molecule has 0 aliphatic carbocycles. The molecule has 1 fully saturated rings. The number of nitrogens with one attached hydrogen (secondary N) is 3. The first kappa shape index (κ1) is 43.9. The van der Waals surface area contributed by atoms with E-state index in [0.717, 1.165) is 26.2 Å². The molecule has 0 aromatic rings. The number of hydrogen-bond acceptors (Lipinski definition) is 11. The van der Waals surface area contributed by atoms with Crippen LogP contribution in [0.4, 0.5) is 0 Å². The predicted octanol–water partition coefficient (Wildman–Crippen LogP) is -1.86. The van der Waals surface area contributed by atoms with Crippen molar-refractivity contribution in [2.24, 2.45) is 0 Å². The number of carboxylic acids is 2. The smallest absolute Gasteiger partial charge is 0.317 e. The number of aldehydes is 1. The first-order valence-electron chi connectivity index (χ1n) is 15.6. The molecule has 0 aromatic carbocycles. The molecule has 1 heterocycles. The summed E-state index contributed by atoms with van der Waals surface area (Å²) in [4.78, 5) is 77.4. The minimum absolute atomic E-state index is 0.0188. The lowest BCUT2D eigenvalue weighted by molar-refractivity contribution is -0.139. The Morgan fingerprint density at radius 3 is 1.33 bits per heavy atom. The molecule has 1 saturated heterocycles. The van der Waals surface area contributed by atoms with Gasteiger partial charge in [0.25, 0.3) is 0 Å². The SMILES string of the molecule is CC.CCCCNC(=O)CCC(=O)NCCNC(=O)CN1CCN(CC(=O)O)CCN(CC=O)CCN(CC(=O)O)CC1.CO. The van der Waals surface area contributed by atoms with Crippen LogP contribution in [-0.2, 0) is 28.8 Å². The summed E-state index contributed by atoms with van der Waals surface area (Å²) in [5.41, 5.74) is 0. The first-order chi connectivity index (χ1) is 21.6. The van der Waals surface area contributed by atoms with Gasteiger partial charge in [-0.1, -0.05) is 27.2 Å². The van der Waals surface area contributed by atoms with Gasteiger partial charge in [-0.05, 0) is 6.42 Å². The summed E-state index contributed by atoms with van der Waals surface area (Å²) in [7, 11) is 1.00. The molecule has 0 atom stereocenters. The number of carbonyl (C=O) groups excluding carboxylic acids is 4. The Morgan fingerprint density at radius 1 is 0.600 bits per heavy atom. The molecule has 0 radical (unpaired) electrons. The van der Waals surface area contributed by atoms with Crippen LogP contribution in [0.25, 0.3) is 0 Å². The van der Waals surface area contributed by atoms with Gasteiger partial charge in [0.15, 0.2) is 0 Å². The second kappa shape index (κ2) is 29.5. The molecule has 0 unspecified atom stereocenters. The summed E-state index contributed by atoms with van der Waals surface area (Å²) in [5, 5.41) is 33.8. The van der Waals surface area contributed by atoms with E-state index < -0.39 is 11.9 Å². The third kappa shape index (κ3) is 25.8. The number of aliphatic hydroxyl groups is 1. The topological polar surface area (TPSA) is 212 Å². The number of carbonyl (C=O) groups is 6. The third-order valence-electron chi connectivity index (χ3n) is 6.55. The molecule has 1 aliphatic heterocycles. The highest BCUT2D eigenvalue weighted by atomic mass is 16.4.